The summed E-state index contributed by atoms with van der Waals surface area (Å²) >= 11 is 0. The molecule has 0 aliphatic rings. The van der Waals surface area contributed by atoms with Crippen molar-refractivity contribution >= 4 is 23.3 Å². The van der Waals surface area contributed by atoms with Gasteiger partial charge in [0.25, 0.3) is 5.56 Å². The fourth-order valence-electron chi connectivity index (χ4n) is 1.67. The molecule has 0 spiro atoms. The maximum atomic E-state index is 11.5. The van der Waals surface area contributed by atoms with Gasteiger partial charge >= 0.3 is 0 Å². The molecule has 2 rings (SSSR count). The second-order valence-corrected chi connectivity index (χ2v) is 3.85. The van der Waals surface area contributed by atoms with E-state index in [0.29, 0.717) is 5.56 Å². The van der Waals surface area contributed by atoms with Gasteiger partial charge in [-0.1, -0.05) is 0 Å². The summed E-state index contributed by atoms with van der Waals surface area (Å²) in [5.74, 6) is 0. The Kier molecular flexibility index (Phi) is 3.73. The highest BCUT2D eigenvalue weighted by atomic mass is 35.5. The molecule has 86 valence electrons. The van der Waals surface area contributed by atoms with Gasteiger partial charge in [-0.15, -0.1) is 12.4 Å². The van der Waals surface area contributed by atoms with Crippen LogP contribution in [0.1, 0.15) is 16.7 Å². The van der Waals surface area contributed by atoms with Gasteiger partial charge in [0.1, 0.15) is 0 Å². The highest BCUT2D eigenvalue weighted by Crippen LogP contribution is 2.16. The van der Waals surface area contributed by atoms with E-state index < -0.39 is 0 Å². The first kappa shape index (κ1) is 12.7. The second-order valence-electron chi connectivity index (χ2n) is 3.85. The van der Waals surface area contributed by atoms with E-state index in [4.69, 9.17) is 5.73 Å². The zero-order chi connectivity index (χ0) is 11.0. The summed E-state index contributed by atoms with van der Waals surface area (Å²) in [5, 5.41) is 1.04. The monoisotopic (exact) mass is 238 g/mol. The molecule has 3 N–H and O–H groups in total. The van der Waals surface area contributed by atoms with Gasteiger partial charge in [0, 0.05) is 17.6 Å². The number of aryl methyl sites for hydroxylation is 2. The number of halogens is 1. The van der Waals surface area contributed by atoms with E-state index in [-0.39, 0.29) is 24.5 Å². The van der Waals surface area contributed by atoms with Crippen LogP contribution in [0.2, 0.25) is 0 Å². The van der Waals surface area contributed by atoms with Crippen molar-refractivity contribution in [3.8, 4) is 0 Å². The van der Waals surface area contributed by atoms with Crippen LogP contribution in [0.4, 0.5) is 0 Å². The van der Waals surface area contributed by atoms with Crippen LogP contribution in [-0.4, -0.2) is 4.98 Å². The number of benzene rings is 1. The molecule has 0 unspecified atom stereocenters. The van der Waals surface area contributed by atoms with Crippen LogP contribution in [-0.2, 0) is 6.54 Å². The number of hydrogen-bond acceptors (Lipinski definition) is 2. The van der Waals surface area contributed by atoms with E-state index in [9.17, 15) is 4.79 Å². The summed E-state index contributed by atoms with van der Waals surface area (Å²) in [6.45, 7) is 4.37. The number of nitrogens with two attached hydrogens (primary N) is 1. The Labute approximate surface area is 100 Å². The largest absolute Gasteiger partial charge is 0.326 e. The predicted molar refractivity (Wildman–Crippen MR) is 69.2 cm³/mol. The maximum Gasteiger partial charge on any atom is 0.252 e. The lowest BCUT2D eigenvalue weighted by Gasteiger charge is -2.05. The van der Waals surface area contributed by atoms with Crippen LogP contribution in [0.5, 0.6) is 0 Å². The quantitative estimate of drug-likeness (QED) is 0.799. The molecule has 0 saturated carbocycles. The second kappa shape index (κ2) is 4.68. The van der Waals surface area contributed by atoms with Crippen molar-refractivity contribution in [1.29, 1.82) is 0 Å². The molecule has 1 heterocycles. The zero-order valence-corrected chi connectivity index (χ0v) is 10.1. The number of nitrogens with one attached hydrogen (secondary N) is 1. The first-order valence-electron chi connectivity index (χ1n) is 4.95. The molecule has 0 bridgehead atoms. The van der Waals surface area contributed by atoms with Crippen molar-refractivity contribution in [2.45, 2.75) is 20.4 Å². The third-order valence-corrected chi connectivity index (χ3v) is 2.76. The summed E-state index contributed by atoms with van der Waals surface area (Å²) in [5.41, 5.74) is 9.30. The highest BCUT2D eigenvalue weighted by molar-refractivity contribution is 5.85. The third-order valence-electron chi connectivity index (χ3n) is 2.76. The predicted octanol–water partition coefficient (Wildman–Crippen LogP) is 2.03. The van der Waals surface area contributed by atoms with Crippen LogP contribution < -0.4 is 11.3 Å². The summed E-state index contributed by atoms with van der Waals surface area (Å²) < 4.78 is 0. The fourth-order valence-corrected chi connectivity index (χ4v) is 1.67. The summed E-state index contributed by atoms with van der Waals surface area (Å²) in [7, 11) is 0. The molecular formula is C12H15ClN2O. The summed E-state index contributed by atoms with van der Waals surface area (Å²) in [6, 6.07) is 5.92. The van der Waals surface area contributed by atoms with Crippen LogP contribution in [0.25, 0.3) is 10.9 Å². The van der Waals surface area contributed by atoms with E-state index in [0.717, 1.165) is 10.9 Å². The SMILES string of the molecule is Cc1cc2cc(CN)c(=O)[nH]c2cc1C.Cl. The van der Waals surface area contributed by atoms with Gasteiger partial charge in [-0.05, 0) is 48.6 Å². The molecule has 0 aliphatic carbocycles. The Morgan fingerprint density at radius 2 is 1.81 bits per heavy atom. The van der Waals surface area contributed by atoms with Crippen molar-refractivity contribution in [3.05, 3.63) is 45.2 Å². The van der Waals surface area contributed by atoms with E-state index in [1.807, 2.05) is 19.1 Å². The van der Waals surface area contributed by atoms with Crippen molar-refractivity contribution < 1.29 is 0 Å². The normalized spacial score (nSPS) is 10.2. The van der Waals surface area contributed by atoms with Gasteiger partial charge in [0.15, 0.2) is 0 Å². The van der Waals surface area contributed by atoms with Gasteiger partial charge in [-0.25, -0.2) is 0 Å². The lowest BCUT2D eigenvalue weighted by molar-refractivity contribution is 1.03. The molecule has 0 atom stereocenters. The number of hydrogen-bond donors (Lipinski definition) is 2. The van der Waals surface area contributed by atoms with Gasteiger partial charge in [0.05, 0.1) is 0 Å². The summed E-state index contributed by atoms with van der Waals surface area (Å²) in [6.07, 6.45) is 0. The van der Waals surface area contributed by atoms with Crippen molar-refractivity contribution in [1.82, 2.24) is 4.98 Å². The smallest absolute Gasteiger partial charge is 0.252 e. The molecule has 4 heteroatoms. The number of aromatic amines is 1. The highest BCUT2D eigenvalue weighted by Gasteiger charge is 2.02. The zero-order valence-electron chi connectivity index (χ0n) is 9.33. The first-order valence-corrected chi connectivity index (χ1v) is 4.95. The Hall–Kier alpha value is -1.32. The van der Waals surface area contributed by atoms with Gasteiger partial charge in [0.2, 0.25) is 0 Å². The van der Waals surface area contributed by atoms with Crippen LogP contribution in [0, 0.1) is 13.8 Å². The Morgan fingerprint density at radius 3 is 2.44 bits per heavy atom. The lowest BCUT2D eigenvalue weighted by atomic mass is 10.1. The molecule has 1 aromatic carbocycles. The first-order chi connectivity index (χ1) is 7.11. The molecule has 0 saturated heterocycles. The van der Waals surface area contributed by atoms with E-state index in [1.165, 1.54) is 11.1 Å². The molecule has 3 nitrogen and oxygen atoms in total. The molecule has 2 aromatic rings. The van der Waals surface area contributed by atoms with Gasteiger partial charge in [-0.3, -0.25) is 4.79 Å². The standard InChI is InChI=1S/C12H14N2O.ClH/c1-7-3-9-5-10(6-13)12(15)14-11(9)4-8(7)2;/h3-5H,6,13H2,1-2H3,(H,14,15);1H. The van der Waals surface area contributed by atoms with Crippen LogP contribution in [0.3, 0.4) is 0 Å². The molecule has 0 amide bonds. The van der Waals surface area contributed by atoms with Gasteiger partial charge < -0.3 is 10.7 Å². The van der Waals surface area contributed by atoms with Crippen LogP contribution in [0.15, 0.2) is 23.0 Å². The molecule has 0 fully saturated rings. The minimum absolute atomic E-state index is 0. The van der Waals surface area contributed by atoms with Crippen molar-refractivity contribution in [3.63, 3.8) is 0 Å². The summed E-state index contributed by atoms with van der Waals surface area (Å²) in [4.78, 5) is 14.4. The maximum absolute atomic E-state index is 11.5. The van der Waals surface area contributed by atoms with Gasteiger partial charge in [-0.2, -0.15) is 0 Å². The Bertz CT molecular complexity index is 575. The molecule has 0 aliphatic heterocycles. The van der Waals surface area contributed by atoms with E-state index in [2.05, 4.69) is 18.0 Å². The molecule has 0 radical (unpaired) electrons. The van der Waals surface area contributed by atoms with E-state index in [1.54, 1.807) is 0 Å². The Balaban J connectivity index is 0.00000128. The Morgan fingerprint density at radius 1 is 1.19 bits per heavy atom. The number of H-pyrrole nitrogens is 1. The topological polar surface area (TPSA) is 58.9 Å². The number of rotatable bonds is 1. The minimum atomic E-state index is -0.0896. The average molecular weight is 239 g/mol. The molecule has 16 heavy (non-hydrogen) atoms. The number of pyridine rings is 1. The lowest BCUT2D eigenvalue weighted by Crippen LogP contribution is -2.15. The van der Waals surface area contributed by atoms with Crippen LogP contribution >= 0.6 is 12.4 Å². The number of aromatic nitrogens is 1. The number of fused-ring (bicyclic) bond motifs is 1. The van der Waals surface area contributed by atoms with Crippen molar-refractivity contribution in [2.75, 3.05) is 0 Å². The third kappa shape index (κ3) is 2.10. The fraction of sp³-hybridized carbons (Fsp3) is 0.250. The average Bonchev–Trinajstić information content (AvgIpc) is 2.20. The molecular weight excluding hydrogens is 224 g/mol. The van der Waals surface area contributed by atoms with Crippen molar-refractivity contribution in [2.24, 2.45) is 5.73 Å². The van der Waals surface area contributed by atoms with E-state index >= 15 is 0 Å². The minimum Gasteiger partial charge on any atom is -0.326 e. The molecule has 1 aromatic heterocycles.